The van der Waals surface area contributed by atoms with Crippen LogP contribution >= 0.6 is 0 Å². The normalized spacial score (nSPS) is 27.8. The first-order chi connectivity index (χ1) is 16.0. The maximum Gasteiger partial charge on any atom is 0.186 e. The summed E-state index contributed by atoms with van der Waals surface area (Å²) in [6.07, 6.45) is 12.6. The van der Waals surface area contributed by atoms with Crippen LogP contribution in [0.25, 0.3) is 0 Å². The van der Waals surface area contributed by atoms with Crippen LogP contribution in [-0.4, -0.2) is 83.6 Å². The van der Waals surface area contributed by atoms with Gasteiger partial charge in [0.15, 0.2) is 6.29 Å². The fraction of sp³-hybridized carbons (Fsp3) is 0.920. The van der Waals surface area contributed by atoms with E-state index < -0.39 is 43.4 Å². The van der Waals surface area contributed by atoms with E-state index in [9.17, 15) is 20.4 Å². The van der Waals surface area contributed by atoms with Gasteiger partial charge < -0.3 is 40.4 Å². The van der Waals surface area contributed by atoms with E-state index in [4.69, 9.17) is 19.9 Å². The summed E-state index contributed by atoms with van der Waals surface area (Å²) in [5, 5.41) is 38.9. The molecule has 2 unspecified atom stereocenters. The second kappa shape index (κ2) is 18.7. The molecule has 0 spiro atoms. The van der Waals surface area contributed by atoms with Gasteiger partial charge in [0.1, 0.15) is 24.4 Å². The molecule has 0 aliphatic carbocycles. The Balaban J connectivity index is 2.18. The maximum atomic E-state index is 10.0. The Kier molecular flexibility index (Phi) is 17.3. The Morgan fingerprint density at radius 1 is 0.879 bits per heavy atom. The van der Waals surface area contributed by atoms with Crippen molar-refractivity contribution in [2.45, 2.75) is 127 Å². The highest BCUT2D eigenvalue weighted by Gasteiger charge is 2.44. The maximum absolute atomic E-state index is 10.0. The summed E-state index contributed by atoms with van der Waals surface area (Å²) in [6, 6.07) is -0.504. The summed E-state index contributed by atoms with van der Waals surface area (Å²) in [7, 11) is 1.57. The first-order valence-corrected chi connectivity index (χ1v) is 12.8. The van der Waals surface area contributed by atoms with Gasteiger partial charge >= 0.3 is 0 Å². The van der Waals surface area contributed by atoms with Crippen LogP contribution < -0.4 is 5.73 Å². The Bertz CT molecular complexity index is 491. The van der Waals surface area contributed by atoms with Crippen molar-refractivity contribution in [3.05, 3.63) is 12.2 Å². The number of hydrogen-bond donors (Lipinski definition) is 5. The second-order valence-corrected chi connectivity index (χ2v) is 9.15. The van der Waals surface area contributed by atoms with Crippen LogP contribution in [0.15, 0.2) is 12.2 Å². The van der Waals surface area contributed by atoms with E-state index in [1.165, 1.54) is 64.2 Å². The fourth-order valence-electron chi connectivity index (χ4n) is 4.06. The lowest BCUT2D eigenvalue weighted by atomic mass is 9.99. The zero-order valence-electron chi connectivity index (χ0n) is 20.7. The van der Waals surface area contributed by atoms with Gasteiger partial charge in [0, 0.05) is 7.11 Å². The molecule has 1 saturated heterocycles. The molecule has 1 aliphatic heterocycles. The summed E-state index contributed by atoms with van der Waals surface area (Å²) >= 11 is 0. The van der Waals surface area contributed by atoms with Crippen LogP contribution in [0.1, 0.15) is 84.0 Å². The van der Waals surface area contributed by atoms with Gasteiger partial charge in [-0.25, -0.2) is 0 Å². The highest BCUT2D eigenvalue weighted by Crippen LogP contribution is 2.22. The quantitative estimate of drug-likeness (QED) is 0.142. The number of nitrogens with two attached hydrogens (primary N) is 1. The Morgan fingerprint density at radius 2 is 1.45 bits per heavy atom. The summed E-state index contributed by atoms with van der Waals surface area (Å²) in [4.78, 5) is 0. The molecule has 0 saturated carbocycles. The number of methoxy groups -OCH3 is 1. The van der Waals surface area contributed by atoms with Crippen molar-refractivity contribution < 1.29 is 34.6 Å². The molecule has 0 amide bonds. The predicted molar refractivity (Wildman–Crippen MR) is 129 cm³/mol. The van der Waals surface area contributed by atoms with Crippen molar-refractivity contribution in [1.29, 1.82) is 0 Å². The van der Waals surface area contributed by atoms with Gasteiger partial charge in [-0.15, -0.1) is 0 Å². The molecule has 0 radical (unpaired) electrons. The van der Waals surface area contributed by atoms with Crippen molar-refractivity contribution in [1.82, 2.24) is 0 Å². The third-order valence-corrected chi connectivity index (χ3v) is 6.30. The summed E-state index contributed by atoms with van der Waals surface area (Å²) < 4.78 is 16.3. The summed E-state index contributed by atoms with van der Waals surface area (Å²) in [5.74, 6) is 0. The van der Waals surface area contributed by atoms with E-state index in [-0.39, 0.29) is 12.7 Å². The summed E-state index contributed by atoms with van der Waals surface area (Å²) in [5.41, 5.74) is 6.17. The lowest BCUT2D eigenvalue weighted by Crippen LogP contribution is -2.59. The van der Waals surface area contributed by atoms with Gasteiger partial charge in [0.05, 0.1) is 25.4 Å². The topological polar surface area (TPSA) is 135 Å². The van der Waals surface area contributed by atoms with Gasteiger partial charge in [-0.1, -0.05) is 83.3 Å². The highest BCUT2D eigenvalue weighted by molar-refractivity contribution is 4.95. The van der Waals surface area contributed by atoms with Gasteiger partial charge in [0.2, 0.25) is 0 Å². The molecular weight excluding hydrogens is 426 g/mol. The molecular formula is C25H49NO7. The lowest BCUT2D eigenvalue weighted by Gasteiger charge is -2.40. The first-order valence-electron chi connectivity index (χ1n) is 12.8. The molecule has 0 aromatic rings. The lowest BCUT2D eigenvalue weighted by molar-refractivity contribution is -0.302. The van der Waals surface area contributed by atoms with Crippen LogP contribution in [0.5, 0.6) is 0 Å². The number of hydrogen-bond acceptors (Lipinski definition) is 8. The molecule has 0 aromatic heterocycles. The minimum absolute atomic E-state index is 0.0178. The number of rotatable bonds is 19. The molecule has 8 nitrogen and oxygen atoms in total. The van der Waals surface area contributed by atoms with E-state index >= 15 is 0 Å². The van der Waals surface area contributed by atoms with Crippen LogP contribution in [0.2, 0.25) is 0 Å². The number of allylic oxidation sites excluding steroid dienone is 1. The van der Waals surface area contributed by atoms with E-state index in [1.807, 2.05) is 6.08 Å². The van der Waals surface area contributed by atoms with Crippen LogP contribution in [-0.2, 0) is 14.2 Å². The van der Waals surface area contributed by atoms with Crippen molar-refractivity contribution in [2.24, 2.45) is 5.73 Å². The minimum atomic E-state index is -1.47. The van der Waals surface area contributed by atoms with Crippen LogP contribution in [0.3, 0.4) is 0 Å². The Hall–Kier alpha value is -0.580. The molecule has 0 aromatic carbocycles. The van der Waals surface area contributed by atoms with E-state index in [2.05, 4.69) is 13.0 Å². The number of aliphatic hydroxyl groups excluding tert-OH is 4. The molecule has 1 aliphatic rings. The zero-order valence-corrected chi connectivity index (χ0v) is 20.7. The molecule has 1 rings (SSSR count). The molecule has 196 valence electrons. The van der Waals surface area contributed by atoms with Gasteiger partial charge in [-0.2, -0.15) is 0 Å². The standard InChI is InChI=1S/C25H49NO7/c1-3-4-5-6-7-8-9-10-11-12-13-14-15-16-20(31-2)19(26)18-32-25-24(30)23(29)22(28)21(17-27)33-25/h15-16,19-25,27-30H,3-14,17-18,26H2,1-2H3/b16-15+/t19-,20-,21?,22+,23?,24-,25+/m0/s1. The first kappa shape index (κ1) is 30.5. The molecule has 33 heavy (non-hydrogen) atoms. The van der Waals surface area contributed by atoms with Crippen molar-refractivity contribution in [3.8, 4) is 0 Å². The Morgan fingerprint density at radius 3 is 2.00 bits per heavy atom. The number of aliphatic hydroxyl groups is 4. The van der Waals surface area contributed by atoms with E-state index in [1.54, 1.807) is 7.11 Å². The Labute approximate surface area is 200 Å². The molecule has 8 heteroatoms. The predicted octanol–water partition coefficient (Wildman–Crippen LogP) is 2.40. The molecule has 6 N–H and O–H groups in total. The molecule has 1 heterocycles. The van der Waals surface area contributed by atoms with E-state index in [0.29, 0.717) is 0 Å². The fourth-order valence-corrected chi connectivity index (χ4v) is 4.06. The van der Waals surface area contributed by atoms with Gasteiger partial charge in [0.25, 0.3) is 0 Å². The molecule has 0 bridgehead atoms. The average molecular weight is 476 g/mol. The van der Waals surface area contributed by atoms with Crippen LogP contribution in [0.4, 0.5) is 0 Å². The smallest absolute Gasteiger partial charge is 0.186 e. The molecule has 1 fully saturated rings. The third-order valence-electron chi connectivity index (χ3n) is 6.30. The molecule has 7 atom stereocenters. The van der Waals surface area contributed by atoms with Crippen LogP contribution in [0, 0.1) is 0 Å². The third kappa shape index (κ3) is 12.1. The SMILES string of the molecule is CCCCCCCCCCCCC/C=C/[C@H](OC)[C@@H](N)CO[C@@H]1OC(CO)[C@@H](O)C(O)[C@@H]1O. The minimum Gasteiger partial charge on any atom is -0.394 e. The van der Waals surface area contributed by atoms with E-state index in [0.717, 1.165) is 12.8 Å². The van der Waals surface area contributed by atoms with Crippen molar-refractivity contribution in [3.63, 3.8) is 0 Å². The zero-order chi connectivity index (χ0) is 24.5. The van der Waals surface area contributed by atoms with Crippen molar-refractivity contribution >= 4 is 0 Å². The number of ether oxygens (including phenoxy) is 3. The summed E-state index contributed by atoms with van der Waals surface area (Å²) in [6.45, 7) is 1.77. The van der Waals surface area contributed by atoms with Crippen molar-refractivity contribution in [2.75, 3.05) is 20.3 Å². The van der Waals surface area contributed by atoms with Gasteiger partial charge in [-0.05, 0) is 12.8 Å². The largest absolute Gasteiger partial charge is 0.394 e. The van der Waals surface area contributed by atoms with Gasteiger partial charge in [-0.3, -0.25) is 0 Å². The average Bonchev–Trinajstić information content (AvgIpc) is 2.82. The monoisotopic (exact) mass is 475 g/mol. The second-order valence-electron chi connectivity index (χ2n) is 9.15. The highest BCUT2D eigenvalue weighted by atomic mass is 16.7. The number of unbranched alkanes of at least 4 members (excludes halogenated alkanes) is 11.